The number of amides is 1. The van der Waals surface area contributed by atoms with Crippen molar-refractivity contribution in [1.82, 2.24) is 14.8 Å². The van der Waals surface area contributed by atoms with Crippen LogP contribution in [0.2, 0.25) is 0 Å². The highest BCUT2D eigenvalue weighted by molar-refractivity contribution is 6.03. The predicted octanol–water partition coefficient (Wildman–Crippen LogP) is 2.81. The predicted molar refractivity (Wildman–Crippen MR) is 82.1 cm³/mol. The minimum absolute atomic E-state index is 0.0208. The summed E-state index contributed by atoms with van der Waals surface area (Å²) >= 11 is 0. The molecule has 2 heterocycles. The normalized spacial score (nSPS) is 10.6. The van der Waals surface area contributed by atoms with Crippen LogP contribution in [-0.2, 0) is 0 Å². The molecule has 6 nitrogen and oxygen atoms in total. The maximum atomic E-state index is 13.9. The molecule has 0 unspecified atom stereocenters. The van der Waals surface area contributed by atoms with Gasteiger partial charge in [-0.3, -0.25) is 9.78 Å². The van der Waals surface area contributed by atoms with Gasteiger partial charge in [0.15, 0.2) is 17.3 Å². The Labute approximate surface area is 135 Å². The van der Waals surface area contributed by atoms with Gasteiger partial charge in [0.25, 0.3) is 5.91 Å². The Morgan fingerprint density at radius 3 is 2.75 bits per heavy atom. The summed E-state index contributed by atoms with van der Waals surface area (Å²) in [6.45, 7) is 1.64. The first-order valence-electron chi connectivity index (χ1n) is 6.92. The second-order valence-corrected chi connectivity index (χ2v) is 5.03. The number of carbonyl (C=O) groups excluding carboxylic acids is 1. The fourth-order valence-electron chi connectivity index (χ4n) is 2.16. The summed E-state index contributed by atoms with van der Waals surface area (Å²) in [6.07, 6.45) is 2.60. The zero-order chi connectivity index (χ0) is 17.3. The molecule has 2 aromatic heterocycles. The van der Waals surface area contributed by atoms with E-state index >= 15 is 0 Å². The highest BCUT2D eigenvalue weighted by atomic mass is 19.1. The fourth-order valence-corrected chi connectivity index (χ4v) is 2.16. The lowest BCUT2D eigenvalue weighted by molar-refractivity contribution is 0.102. The Bertz CT molecular complexity index is 924. The molecule has 0 aliphatic carbocycles. The Morgan fingerprint density at radius 1 is 1.25 bits per heavy atom. The highest BCUT2D eigenvalue weighted by Gasteiger charge is 2.16. The average Bonchev–Trinajstić information content (AvgIpc) is 2.91. The first-order chi connectivity index (χ1) is 11.5. The van der Waals surface area contributed by atoms with E-state index in [1.54, 1.807) is 6.92 Å². The van der Waals surface area contributed by atoms with Crippen molar-refractivity contribution in [3.05, 3.63) is 65.7 Å². The summed E-state index contributed by atoms with van der Waals surface area (Å²) in [6, 6.07) is 5.97. The van der Waals surface area contributed by atoms with Crippen molar-refractivity contribution in [1.29, 1.82) is 0 Å². The number of nitrogens with one attached hydrogen (secondary N) is 1. The molecular formula is C16H12F2N4O2. The number of benzene rings is 1. The number of anilines is 1. The van der Waals surface area contributed by atoms with E-state index in [4.69, 9.17) is 0 Å². The fraction of sp³-hybridized carbons (Fsp3) is 0.0625. The highest BCUT2D eigenvalue weighted by Crippen LogP contribution is 2.22. The van der Waals surface area contributed by atoms with Gasteiger partial charge in [0.05, 0.1) is 11.9 Å². The molecule has 3 rings (SSSR count). The van der Waals surface area contributed by atoms with E-state index in [0.717, 1.165) is 12.1 Å². The number of aryl methyl sites for hydroxylation is 1. The van der Waals surface area contributed by atoms with Gasteiger partial charge < -0.3 is 10.4 Å². The number of aromatic nitrogens is 3. The minimum atomic E-state index is -0.792. The molecule has 3 aromatic rings. The topological polar surface area (TPSA) is 80.0 Å². The molecule has 0 saturated heterocycles. The number of nitrogens with zero attached hydrogens (tertiary/aromatic N) is 3. The Hall–Kier alpha value is -3.29. The molecule has 0 spiro atoms. The third-order valence-corrected chi connectivity index (χ3v) is 3.31. The lowest BCUT2D eigenvalue weighted by Gasteiger charge is -2.06. The van der Waals surface area contributed by atoms with E-state index in [1.807, 2.05) is 0 Å². The van der Waals surface area contributed by atoms with Crippen molar-refractivity contribution >= 4 is 11.6 Å². The molecule has 1 aromatic carbocycles. The second kappa shape index (κ2) is 6.07. The van der Waals surface area contributed by atoms with Crippen LogP contribution in [0.1, 0.15) is 16.2 Å². The second-order valence-electron chi connectivity index (χ2n) is 5.03. The first kappa shape index (κ1) is 15.6. The molecule has 24 heavy (non-hydrogen) atoms. The average molecular weight is 330 g/mol. The molecule has 0 aliphatic rings. The number of aromatic hydroxyl groups is 1. The van der Waals surface area contributed by atoms with Crippen LogP contribution in [0.25, 0.3) is 5.69 Å². The summed E-state index contributed by atoms with van der Waals surface area (Å²) in [4.78, 5) is 15.9. The number of halogens is 2. The Kier molecular flexibility index (Phi) is 3.95. The van der Waals surface area contributed by atoms with Crippen LogP contribution in [0.5, 0.6) is 5.75 Å². The molecule has 0 fully saturated rings. The van der Waals surface area contributed by atoms with Gasteiger partial charge in [-0.2, -0.15) is 5.10 Å². The molecule has 0 atom stereocenters. The van der Waals surface area contributed by atoms with Crippen LogP contribution in [0, 0.1) is 18.6 Å². The van der Waals surface area contributed by atoms with Crippen molar-refractivity contribution in [2.24, 2.45) is 0 Å². The van der Waals surface area contributed by atoms with E-state index in [9.17, 15) is 18.7 Å². The van der Waals surface area contributed by atoms with Crippen LogP contribution in [-0.4, -0.2) is 25.8 Å². The maximum absolute atomic E-state index is 13.9. The van der Waals surface area contributed by atoms with Gasteiger partial charge in [-0.25, -0.2) is 13.5 Å². The SMILES string of the molecule is Cc1cc(C(=O)Nc2ccncc2O)nn1-c1ccc(F)cc1F. The summed E-state index contributed by atoms with van der Waals surface area (Å²) in [7, 11) is 0. The number of hydrogen-bond donors (Lipinski definition) is 2. The monoisotopic (exact) mass is 330 g/mol. The van der Waals surface area contributed by atoms with Gasteiger partial charge in [0.1, 0.15) is 11.5 Å². The van der Waals surface area contributed by atoms with Gasteiger partial charge in [0.2, 0.25) is 0 Å². The lowest BCUT2D eigenvalue weighted by atomic mass is 10.3. The number of pyridine rings is 1. The summed E-state index contributed by atoms with van der Waals surface area (Å²) in [5.74, 6) is -2.26. The molecule has 1 amide bonds. The quantitative estimate of drug-likeness (QED) is 0.774. The van der Waals surface area contributed by atoms with Crippen molar-refractivity contribution in [2.45, 2.75) is 6.92 Å². The van der Waals surface area contributed by atoms with Gasteiger partial charge >= 0.3 is 0 Å². The third kappa shape index (κ3) is 2.94. The largest absolute Gasteiger partial charge is 0.504 e. The molecule has 2 N–H and O–H groups in total. The van der Waals surface area contributed by atoms with E-state index in [0.29, 0.717) is 5.69 Å². The molecular weight excluding hydrogens is 318 g/mol. The van der Waals surface area contributed by atoms with E-state index in [2.05, 4.69) is 15.4 Å². The Balaban J connectivity index is 1.91. The number of hydrogen-bond acceptors (Lipinski definition) is 4. The molecule has 0 aliphatic heterocycles. The van der Waals surface area contributed by atoms with E-state index in [-0.39, 0.29) is 22.8 Å². The van der Waals surface area contributed by atoms with E-state index < -0.39 is 17.5 Å². The number of carbonyl (C=O) groups is 1. The van der Waals surface area contributed by atoms with Crippen molar-refractivity contribution in [3.8, 4) is 11.4 Å². The van der Waals surface area contributed by atoms with Crippen LogP contribution >= 0.6 is 0 Å². The summed E-state index contributed by atoms with van der Waals surface area (Å²) in [5.41, 5.74) is 0.715. The molecule has 0 bridgehead atoms. The lowest BCUT2D eigenvalue weighted by Crippen LogP contribution is -2.13. The van der Waals surface area contributed by atoms with Gasteiger partial charge in [-0.15, -0.1) is 0 Å². The zero-order valence-corrected chi connectivity index (χ0v) is 12.5. The summed E-state index contributed by atoms with van der Waals surface area (Å²) in [5, 5.41) is 16.1. The minimum Gasteiger partial charge on any atom is -0.504 e. The first-order valence-corrected chi connectivity index (χ1v) is 6.92. The van der Waals surface area contributed by atoms with Crippen LogP contribution in [0.4, 0.5) is 14.5 Å². The van der Waals surface area contributed by atoms with Crippen LogP contribution in [0.15, 0.2) is 42.7 Å². The molecule has 0 saturated carbocycles. The Morgan fingerprint density at radius 2 is 2.04 bits per heavy atom. The van der Waals surface area contributed by atoms with Gasteiger partial charge in [0, 0.05) is 18.0 Å². The van der Waals surface area contributed by atoms with Gasteiger partial charge in [-0.05, 0) is 31.2 Å². The standard InChI is InChI=1S/C16H12F2N4O2/c1-9-6-13(16(24)20-12-4-5-19-8-15(12)23)21-22(9)14-3-2-10(17)7-11(14)18/h2-8,23H,1H3,(H,19,20,24). The molecule has 0 radical (unpaired) electrons. The summed E-state index contributed by atoms with van der Waals surface area (Å²) < 4.78 is 28.1. The number of rotatable bonds is 3. The zero-order valence-electron chi connectivity index (χ0n) is 12.5. The van der Waals surface area contributed by atoms with E-state index in [1.165, 1.54) is 35.3 Å². The van der Waals surface area contributed by atoms with Crippen LogP contribution < -0.4 is 5.32 Å². The maximum Gasteiger partial charge on any atom is 0.276 e. The molecule has 122 valence electrons. The third-order valence-electron chi connectivity index (χ3n) is 3.31. The van der Waals surface area contributed by atoms with Crippen molar-refractivity contribution in [3.63, 3.8) is 0 Å². The van der Waals surface area contributed by atoms with Crippen molar-refractivity contribution < 1.29 is 18.7 Å². The molecule has 8 heteroatoms. The smallest absolute Gasteiger partial charge is 0.276 e. The van der Waals surface area contributed by atoms with Crippen molar-refractivity contribution in [2.75, 3.05) is 5.32 Å². The van der Waals surface area contributed by atoms with Crippen LogP contribution in [0.3, 0.4) is 0 Å². The van der Waals surface area contributed by atoms with Gasteiger partial charge in [-0.1, -0.05) is 0 Å².